The molecule has 3 heterocycles. The normalized spacial score (nSPS) is 11.1. The second-order valence-corrected chi connectivity index (χ2v) is 5.10. The molecular formula is C12H13N5S. The number of nitrogens with one attached hydrogen (secondary N) is 1. The monoisotopic (exact) mass is 259 g/mol. The van der Waals surface area contributed by atoms with Crippen molar-refractivity contribution in [2.45, 2.75) is 13.8 Å². The fourth-order valence-corrected chi connectivity index (χ4v) is 2.66. The Morgan fingerprint density at radius 2 is 2.17 bits per heavy atom. The van der Waals surface area contributed by atoms with Crippen molar-refractivity contribution in [1.82, 2.24) is 25.0 Å². The maximum Gasteiger partial charge on any atom is 0.185 e. The van der Waals surface area contributed by atoms with Crippen LogP contribution < -0.4 is 0 Å². The van der Waals surface area contributed by atoms with Gasteiger partial charge in [-0.3, -0.25) is 9.78 Å². The molecule has 5 nitrogen and oxygen atoms in total. The average Bonchev–Trinajstić information content (AvgIpc) is 3.01. The molecule has 0 spiro atoms. The van der Waals surface area contributed by atoms with E-state index in [0.29, 0.717) is 5.82 Å². The van der Waals surface area contributed by atoms with Gasteiger partial charge in [-0.1, -0.05) is 6.07 Å². The molecule has 3 aromatic rings. The Hall–Kier alpha value is -1.95. The highest BCUT2D eigenvalue weighted by Crippen LogP contribution is 2.26. The van der Waals surface area contributed by atoms with Crippen molar-refractivity contribution < 1.29 is 0 Å². The second-order valence-electron chi connectivity index (χ2n) is 4.15. The molecule has 0 saturated carbocycles. The first-order chi connectivity index (χ1) is 8.66. The Labute approximate surface area is 109 Å². The lowest BCUT2D eigenvalue weighted by Gasteiger charge is -1.95. The highest BCUT2D eigenvalue weighted by Gasteiger charge is 2.16. The number of aromatic amines is 1. The number of rotatable bonds is 2. The average molecular weight is 259 g/mol. The van der Waals surface area contributed by atoms with Crippen molar-refractivity contribution in [1.29, 1.82) is 0 Å². The van der Waals surface area contributed by atoms with Crippen LogP contribution >= 0.6 is 11.3 Å². The lowest BCUT2D eigenvalue weighted by Crippen LogP contribution is -1.93. The quantitative estimate of drug-likeness (QED) is 0.769. The molecule has 6 heteroatoms. The molecule has 0 radical (unpaired) electrons. The molecule has 0 aromatic carbocycles. The summed E-state index contributed by atoms with van der Waals surface area (Å²) in [5, 5.41) is 13.7. The summed E-state index contributed by atoms with van der Waals surface area (Å²) in [4.78, 5) is 5.64. The van der Waals surface area contributed by atoms with Crippen molar-refractivity contribution >= 4 is 11.3 Å². The van der Waals surface area contributed by atoms with Crippen LogP contribution in [0.1, 0.15) is 11.4 Å². The number of H-pyrrole nitrogens is 1. The Balaban J connectivity index is 2.08. The highest BCUT2D eigenvalue weighted by atomic mass is 32.1. The first kappa shape index (κ1) is 11.2. The Kier molecular flexibility index (Phi) is 2.52. The summed E-state index contributed by atoms with van der Waals surface area (Å²) >= 11 is 1.64. The van der Waals surface area contributed by atoms with Gasteiger partial charge in [0.25, 0.3) is 0 Å². The number of hydrogen-bond acceptors (Lipinski definition) is 4. The molecule has 0 atom stereocenters. The molecule has 0 bridgehead atoms. The molecule has 0 saturated heterocycles. The van der Waals surface area contributed by atoms with E-state index in [2.05, 4.69) is 20.3 Å². The van der Waals surface area contributed by atoms with Gasteiger partial charge in [-0.2, -0.15) is 10.2 Å². The van der Waals surface area contributed by atoms with E-state index in [0.717, 1.165) is 27.7 Å². The number of aromatic nitrogens is 5. The van der Waals surface area contributed by atoms with Crippen LogP contribution in [0.4, 0.5) is 0 Å². The minimum absolute atomic E-state index is 0.710. The van der Waals surface area contributed by atoms with Gasteiger partial charge < -0.3 is 0 Å². The van der Waals surface area contributed by atoms with Crippen LogP contribution in [-0.4, -0.2) is 25.0 Å². The minimum Gasteiger partial charge on any atom is -0.272 e. The van der Waals surface area contributed by atoms with Gasteiger partial charge in [0.05, 0.1) is 16.1 Å². The van der Waals surface area contributed by atoms with E-state index >= 15 is 0 Å². The fraction of sp³-hybridized carbons (Fsp3) is 0.250. The smallest absolute Gasteiger partial charge is 0.185 e. The molecule has 3 rings (SSSR count). The first-order valence-corrected chi connectivity index (χ1v) is 6.51. The van der Waals surface area contributed by atoms with Crippen molar-refractivity contribution in [3.8, 4) is 22.1 Å². The molecule has 0 aliphatic rings. The van der Waals surface area contributed by atoms with Crippen molar-refractivity contribution in [2.24, 2.45) is 7.05 Å². The highest BCUT2D eigenvalue weighted by molar-refractivity contribution is 7.13. The van der Waals surface area contributed by atoms with Gasteiger partial charge >= 0.3 is 0 Å². The summed E-state index contributed by atoms with van der Waals surface area (Å²) in [5.74, 6) is 1.52. The fourth-order valence-electron chi connectivity index (χ4n) is 1.99. The van der Waals surface area contributed by atoms with Gasteiger partial charge in [-0.25, -0.2) is 4.98 Å². The molecule has 1 N–H and O–H groups in total. The van der Waals surface area contributed by atoms with Crippen LogP contribution in [0.15, 0.2) is 17.5 Å². The molecule has 18 heavy (non-hydrogen) atoms. The van der Waals surface area contributed by atoms with Crippen molar-refractivity contribution in [3.05, 3.63) is 28.9 Å². The summed E-state index contributed by atoms with van der Waals surface area (Å²) in [6.45, 7) is 4.00. The summed E-state index contributed by atoms with van der Waals surface area (Å²) < 4.78 is 1.85. The van der Waals surface area contributed by atoms with E-state index in [1.807, 2.05) is 43.1 Å². The lowest BCUT2D eigenvalue weighted by molar-refractivity contribution is 0.731. The maximum atomic E-state index is 4.55. The van der Waals surface area contributed by atoms with Crippen LogP contribution in [0, 0.1) is 13.8 Å². The molecule has 0 aliphatic carbocycles. The second kappa shape index (κ2) is 4.06. The third kappa shape index (κ3) is 1.65. The number of thiophene rings is 1. The van der Waals surface area contributed by atoms with E-state index < -0.39 is 0 Å². The van der Waals surface area contributed by atoms with Crippen LogP contribution in [0.2, 0.25) is 0 Å². The van der Waals surface area contributed by atoms with E-state index in [4.69, 9.17) is 0 Å². The third-order valence-electron chi connectivity index (χ3n) is 2.97. The summed E-state index contributed by atoms with van der Waals surface area (Å²) in [7, 11) is 1.93. The topological polar surface area (TPSA) is 59.4 Å². The van der Waals surface area contributed by atoms with Crippen molar-refractivity contribution in [2.75, 3.05) is 0 Å². The van der Waals surface area contributed by atoms with Gasteiger partial charge in [0, 0.05) is 12.7 Å². The summed E-state index contributed by atoms with van der Waals surface area (Å²) in [6.07, 6.45) is 0. The predicted molar refractivity (Wildman–Crippen MR) is 71.4 cm³/mol. The lowest BCUT2D eigenvalue weighted by atomic mass is 10.2. The van der Waals surface area contributed by atoms with Crippen LogP contribution in [-0.2, 0) is 7.05 Å². The number of aryl methyl sites for hydroxylation is 2. The molecule has 3 aromatic heterocycles. The Bertz CT molecular complexity index is 677. The third-order valence-corrected chi connectivity index (χ3v) is 3.85. The molecule has 0 aliphatic heterocycles. The standard InChI is InChI=1S/C12H13N5S/c1-7-10(8(2)17(3)16-7)12-13-11(14-15-12)9-5-4-6-18-9/h4-6H,1-3H3,(H,13,14,15). The van der Waals surface area contributed by atoms with Gasteiger partial charge in [0.1, 0.15) is 0 Å². The predicted octanol–water partition coefficient (Wildman–Crippen LogP) is 2.55. The van der Waals surface area contributed by atoms with Gasteiger partial charge in [0.15, 0.2) is 11.6 Å². The summed E-state index contributed by atoms with van der Waals surface area (Å²) in [6, 6.07) is 4.03. The molecule has 92 valence electrons. The van der Waals surface area contributed by atoms with Crippen molar-refractivity contribution in [3.63, 3.8) is 0 Å². The number of nitrogens with zero attached hydrogens (tertiary/aromatic N) is 4. The first-order valence-electron chi connectivity index (χ1n) is 5.63. The summed E-state index contributed by atoms with van der Waals surface area (Å²) in [5.41, 5.74) is 3.03. The molecule has 0 amide bonds. The van der Waals surface area contributed by atoms with Gasteiger partial charge in [0.2, 0.25) is 0 Å². The molecule has 0 unspecified atom stereocenters. The van der Waals surface area contributed by atoms with Gasteiger partial charge in [-0.05, 0) is 25.3 Å². The van der Waals surface area contributed by atoms with Crippen LogP contribution in [0.3, 0.4) is 0 Å². The molecular weight excluding hydrogens is 246 g/mol. The van der Waals surface area contributed by atoms with Crippen LogP contribution in [0.5, 0.6) is 0 Å². The van der Waals surface area contributed by atoms with E-state index in [1.165, 1.54) is 0 Å². The Morgan fingerprint density at radius 3 is 2.78 bits per heavy atom. The Morgan fingerprint density at radius 1 is 1.33 bits per heavy atom. The van der Waals surface area contributed by atoms with Gasteiger partial charge in [-0.15, -0.1) is 11.3 Å². The number of hydrogen-bond donors (Lipinski definition) is 1. The van der Waals surface area contributed by atoms with Crippen LogP contribution in [0.25, 0.3) is 22.1 Å². The SMILES string of the molecule is Cc1nn(C)c(C)c1-c1n[nH]c(-c2cccs2)n1. The largest absolute Gasteiger partial charge is 0.272 e. The molecule has 0 fully saturated rings. The zero-order chi connectivity index (χ0) is 12.7. The van der Waals surface area contributed by atoms with E-state index in [1.54, 1.807) is 11.3 Å². The zero-order valence-corrected chi connectivity index (χ0v) is 11.2. The van der Waals surface area contributed by atoms with E-state index in [-0.39, 0.29) is 0 Å². The zero-order valence-electron chi connectivity index (χ0n) is 10.4. The van der Waals surface area contributed by atoms with E-state index in [9.17, 15) is 0 Å². The minimum atomic E-state index is 0.710. The maximum absolute atomic E-state index is 4.55.